The molecule has 0 aliphatic heterocycles. The van der Waals surface area contributed by atoms with Crippen LogP contribution in [0.15, 0.2) is 11.6 Å². The van der Waals surface area contributed by atoms with Gasteiger partial charge < -0.3 is 10.2 Å². The second kappa shape index (κ2) is 3.58. The van der Waals surface area contributed by atoms with Gasteiger partial charge in [-0.3, -0.25) is 0 Å². The van der Waals surface area contributed by atoms with Crippen LogP contribution in [-0.2, 0) is 0 Å². The monoisotopic (exact) mass is 170 g/mol. The Hall–Kier alpha value is -0.340. The number of hydrogen-bond donors (Lipinski definition) is 2. The van der Waals surface area contributed by atoms with Gasteiger partial charge in [-0.05, 0) is 13.3 Å². The Bertz CT molecular complexity index is 186. The van der Waals surface area contributed by atoms with Crippen LogP contribution in [0.2, 0.25) is 0 Å². The first kappa shape index (κ1) is 9.75. The fourth-order valence-electron chi connectivity index (χ4n) is 1.66. The van der Waals surface area contributed by atoms with Crippen LogP contribution in [0.4, 0.5) is 0 Å². The van der Waals surface area contributed by atoms with Crippen molar-refractivity contribution in [2.45, 2.75) is 39.4 Å². The summed E-state index contributed by atoms with van der Waals surface area (Å²) >= 11 is 0. The average molecular weight is 170 g/mol. The van der Waals surface area contributed by atoms with E-state index in [0.29, 0.717) is 6.42 Å². The first-order valence-corrected chi connectivity index (χ1v) is 4.56. The van der Waals surface area contributed by atoms with E-state index in [-0.39, 0.29) is 17.9 Å². The largest absolute Gasteiger partial charge is 0.392 e. The lowest BCUT2D eigenvalue weighted by atomic mass is 9.88. The molecule has 4 unspecified atom stereocenters. The Morgan fingerprint density at radius 2 is 1.92 bits per heavy atom. The lowest BCUT2D eigenvalue weighted by molar-refractivity contribution is 0.00855. The van der Waals surface area contributed by atoms with E-state index in [1.54, 1.807) is 0 Å². The van der Waals surface area contributed by atoms with Gasteiger partial charge in [-0.2, -0.15) is 0 Å². The molecule has 12 heavy (non-hydrogen) atoms. The standard InChI is InChI=1S/C10H18O2/c1-6-4-5-9(11)8(3)10(12)7(6)2/h4,7-12H,5H2,1-3H3. The zero-order valence-electron chi connectivity index (χ0n) is 7.99. The number of aliphatic hydroxyl groups excluding tert-OH is 2. The molecule has 0 aromatic rings. The van der Waals surface area contributed by atoms with Crippen molar-refractivity contribution in [2.24, 2.45) is 11.8 Å². The molecule has 70 valence electrons. The topological polar surface area (TPSA) is 40.5 Å². The molecule has 0 amide bonds. The van der Waals surface area contributed by atoms with Crippen LogP contribution < -0.4 is 0 Å². The molecule has 0 bridgehead atoms. The third-order valence-corrected chi connectivity index (χ3v) is 3.06. The molecule has 0 saturated carbocycles. The van der Waals surface area contributed by atoms with E-state index in [1.807, 2.05) is 26.8 Å². The summed E-state index contributed by atoms with van der Waals surface area (Å²) in [6, 6.07) is 0. The first-order valence-electron chi connectivity index (χ1n) is 4.56. The summed E-state index contributed by atoms with van der Waals surface area (Å²) in [6.45, 7) is 5.92. The van der Waals surface area contributed by atoms with Gasteiger partial charge in [0.15, 0.2) is 0 Å². The highest BCUT2D eigenvalue weighted by molar-refractivity contribution is 5.09. The lowest BCUT2D eigenvalue weighted by Crippen LogP contribution is -2.32. The molecule has 4 atom stereocenters. The molecule has 0 aromatic heterocycles. The van der Waals surface area contributed by atoms with Gasteiger partial charge >= 0.3 is 0 Å². The van der Waals surface area contributed by atoms with E-state index < -0.39 is 6.10 Å². The molecule has 0 saturated heterocycles. The second-order valence-electron chi connectivity index (χ2n) is 3.89. The van der Waals surface area contributed by atoms with Gasteiger partial charge in [0.2, 0.25) is 0 Å². The number of hydrogen-bond acceptors (Lipinski definition) is 2. The molecule has 0 spiro atoms. The minimum atomic E-state index is -0.404. The highest BCUT2D eigenvalue weighted by Gasteiger charge is 2.29. The SMILES string of the molecule is CC1=CCC(O)C(C)C(O)C1C. The van der Waals surface area contributed by atoms with Crippen LogP contribution in [0.25, 0.3) is 0 Å². The van der Waals surface area contributed by atoms with Crippen LogP contribution in [0.1, 0.15) is 27.2 Å². The Balaban J connectivity index is 2.80. The molecular weight excluding hydrogens is 152 g/mol. The van der Waals surface area contributed by atoms with Gasteiger partial charge in [0.05, 0.1) is 12.2 Å². The molecular formula is C10H18O2. The Kier molecular flexibility index (Phi) is 2.91. The maximum atomic E-state index is 9.77. The minimum absolute atomic E-state index is 0.0197. The predicted octanol–water partition coefficient (Wildman–Crippen LogP) is 1.33. The summed E-state index contributed by atoms with van der Waals surface area (Å²) in [5.41, 5.74) is 1.19. The van der Waals surface area contributed by atoms with Crippen LogP contribution in [0, 0.1) is 11.8 Å². The van der Waals surface area contributed by atoms with E-state index in [1.165, 1.54) is 5.57 Å². The maximum absolute atomic E-state index is 9.77. The summed E-state index contributed by atoms with van der Waals surface area (Å²) < 4.78 is 0. The minimum Gasteiger partial charge on any atom is -0.392 e. The van der Waals surface area contributed by atoms with Gasteiger partial charge in [-0.1, -0.05) is 25.5 Å². The van der Waals surface area contributed by atoms with E-state index >= 15 is 0 Å². The molecule has 2 heteroatoms. The first-order chi connectivity index (χ1) is 5.54. The fraction of sp³-hybridized carbons (Fsp3) is 0.800. The molecule has 1 rings (SSSR count). The fourth-order valence-corrected chi connectivity index (χ4v) is 1.66. The maximum Gasteiger partial charge on any atom is 0.0652 e. The van der Waals surface area contributed by atoms with Crippen molar-refractivity contribution in [1.29, 1.82) is 0 Å². The molecule has 0 heterocycles. The molecule has 1 aliphatic carbocycles. The molecule has 2 N–H and O–H groups in total. The zero-order valence-corrected chi connectivity index (χ0v) is 7.99. The summed E-state index contributed by atoms with van der Waals surface area (Å²) in [5.74, 6) is 0.158. The van der Waals surface area contributed by atoms with Crippen molar-refractivity contribution in [1.82, 2.24) is 0 Å². The van der Waals surface area contributed by atoms with Crippen LogP contribution in [0.5, 0.6) is 0 Å². The van der Waals surface area contributed by atoms with Crippen LogP contribution >= 0.6 is 0 Å². The number of aliphatic hydroxyl groups is 2. The lowest BCUT2D eigenvalue weighted by Gasteiger charge is -2.25. The summed E-state index contributed by atoms with van der Waals surface area (Å²) in [4.78, 5) is 0. The van der Waals surface area contributed by atoms with E-state index in [9.17, 15) is 10.2 Å². The van der Waals surface area contributed by atoms with Crippen molar-refractivity contribution in [2.75, 3.05) is 0 Å². The molecule has 1 aliphatic rings. The summed E-state index contributed by atoms with van der Waals surface area (Å²) in [5, 5.41) is 19.3. The van der Waals surface area contributed by atoms with Gasteiger partial charge in [-0.25, -0.2) is 0 Å². The molecule has 2 nitrogen and oxygen atoms in total. The van der Waals surface area contributed by atoms with Gasteiger partial charge in [0, 0.05) is 11.8 Å². The average Bonchev–Trinajstić information content (AvgIpc) is 2.14. The van der Waals surface area contributed by atoms with Crippen LogP contribution in [0.3, 0.4) is 0 Å². The predicted molar refractivity (Wildman–Crippen MR) is 48.7 cm³/mol. The molecule has 0 radical (unpaired) electrons. The summed E-state index contributed by atoms with van der Waals surface area (Å²) in [6.07, 6.45) is 1.91. The Morgan fingerprint density at radius 1 is 1.33 bits per heavy atom. The van der Waals surface area contributed by atoms with Crippen LogP contribution in [-0.4, -0.2) is 22.4 Å². The van der Waals surface area contributed by atoms with Crippen molar-refractivity contribution in [3.05, 3.63) is 11.6 Å². The van der Waals surface area contributed by atoms with E-state index in [0.717, 1.165) is 0 Å². The van der Waals surface area contributed by atoms with E-state index in [4.69, 9.17) is 0 Å². The Labute approximate surface area is 73.9 Å². The van der Waals surface area contributed by atoms with Crippen molar-refractivity contribution >= 4 is 0 Å². The van der Waals surface area contributed by atoms with Gasteiger partial charge in [0.25, 0.3) is 0 Å². The smallest absolute Gasteiger partial charge is 0.0652 e. The highest BCUT2D eigenvalue weighted by atomic mass is 16.3. The highest BCUT2D eigenvalue weighted by Crippen LogP contribution is 2.27. The third kappa shape index (κ3) is 1.70. The summed E-state index contributed by atoms with van der Waals surface area (Å²) in [7, 11) is 0. The van der Waals surface area contributed by atoms with Crippen molar-refractivity contribution in [3.8, 4) is 0 Å². The quantitative estimate of drug-likeness (QED) is 0.538. The normalized spacial score (nSPS) is 43.6. The molecule has 0 fully saturated rings. The number of rotatable bonds is 0. The van der Waals surface area contributed by atoms with Crippen molar-refractivity contribution < 1.29 is 10.2 Å². The van der Waals surface area contributed by atoms with E-state index in [2.05, 4.69) is 0 Å². The second-order valence-corrected chi connectivity index (χ2v) is 3.89. The third-order valence-electron chi connectivity index (χ3n) is 3.06. The Morgan fingerprint density at radius 3 is 2.50 bits per heavy atom. The van der Waals surface area contributed by atoms with Crippen molar-refractivity contribution in [3.63, 3.8) is 0 Å². The molecule has 0 aromatic carbocycles. The zero-order chi connectivity index (χ0) is 9.30. The van der Waals surface area contributed by atoms with Gasteiger partial charge in [-0.15, -0.1) is 0 Å². The van der Waals surface area contributed by atoms with Gasteiger partial charge in [0.1, 0.15) is 0 Å².